The van der Waals surface area contributed by atoms with Crippen molar-refractivity contribution in [2.45, 2.75) is 25.8 Å². The molecule has 3 aromatic rings. The minimum atomic E-state index is 0.0134. The normalized spacial score (nSPS) is 15.5. The van der Waals surface area contributed by atoms with Crippen LogP contribution in [0, 0.1) is 5.92 Å². The minimum Gasteiger partial charge on any atom is -0.497 e. The number of hydrogen-bond donors (Lipinski definition) is 1. The van der Waals surface area contributed by atoms with E-state index in [2.05, 4.69) is 20.7 Å². The Morgan fingerprint density at radius 1 is 1.15 bits per heavy atom. The number of nitrogens with one attached hydrogen (secondary N) is 1. The number of ether oxygens (including phenoxy) is 3. The Balaban J connectivity index is 1.11. The van der Waals surface area contributed by atoms with Gasteiger partial charge >= 0.3 is 0 Å². The van der Waals surface area contributed by atoms with E-state index < -0.39 is 0 Å². The summed E-state index contributed by atoms with van der Waals surface area (Å²) in [5, 5.41) is 3.99. The number of anilines is 1. The highest BCUT2D eigenvalue weighted by molar-refractivity contribution is 7.09. The third-order valence-electron chi connectivity index (χ3n) is 5.99. The predicted molar refractivity (Wildman–Crippen MR) is 125 cm³/mol. The van der Waals surface area contributed by atoms with Crippen LogP contribution in [0.1, 0.15) is 29.8 Å². The number of methoxy groups -OCH3 is 1. The molecule has 0 bridgehead atoms. The molecule has 0 saturated carbocycles. The average Bonchev–Trinajstić information content (AvgIpc) is 3.52. The quantitative estimate of drug-likeness (QED) is 0.571. The Morgan fingerprint density at radius 3 is 2.85 bits per heavy atom. The van der Waals surface area contributed by atoms with Crippen LogP contribution in [-0.2, 0) is 17.8 Å². The molecule has 1 amide bonds. The Hall–Kier alpha value is -3.33. The number of benzene rings is 2. The van der Waals surface area contributed by atoms with Crippen LogP contribution >= 0.6 is 11.5 Å². The summed E-state index contributed by atoms with van der Waals surface area (Å²) in [7, 11) is 1.67. The Bertz CT molecular complexity index is 1130. The molecule has 9 heteroatoms. The number of amides is 1. The Kier molecular flexibility index (Phi) is 6.30. The van der Waals surface area contributed by atoms with Crippen molar-refractivity contribution in [3.05, 3.63) is 59.4 Å². The van der Waals surface area contributed by atoms with E-state index in [1.54, 1.807) is 7.11 Å². The molecule has 3 heterocycles. The molecule has 0 spiro atoms. The molecule has 0 aliphatic carbocycles. The summed E-state index contributed by atoms with van der Waals surface area (Å²) in [4.78, 5) is 19.6. The molecule has 0 radical (unpaired) electrons. The van der Waals surface area contributed by atoms with E-state index in [0.717, 1.165) is 65.3 Å². The van der Waals surface area contributed by atoms with E-state index in [4.69, 9.17) is 19.2 Å². The predicted octanol–water partition coefficient (Wildman–Crippen LogP) is 3.40. The summed E-state index contributed by atoms with van der Waals surface area (Å²) in [6.45, 7) is 2.34. The largest absolute Gasteiger partial charge is 0.497 e. The summed E-state index contributed by atoms with van der Waals surface area (Å²) in [6, 6.07) is 13.7. The number of nitrogens with zero attached hydrogens (tertiary/aromatic N) is 3. The van der Waals surface area contributed by atoms with Gasteiger partial charge in [0.05, 0.1) is 7.11 Å². The lowest BCUT2D eigenvalue weighted by Crippen LogP contribution is -2.40. The molecular weight excluding hydrogens is 440 g/mol. The fraction of sp³-hybridized carbons (Fsp3) is 0.375. The van der Waals surface area contributed by atoms with Gasteiger partial charge in [0.25, 0.3) is 0 Å². The first-order chi connectivity index (χ1) is 16.2. The number of piperidine rings is 1. The van der Waals surface area contributed by atoms with Gasteiger partial charge in [0.15, 0.2) is 11.5 Å². The van der Waals surface area contributed by atoms with Crippen molar-refractivity contribution in [2.24, 2.45) is 5.92 Å². The number of fused-ring (bicyclic) bond motifs is 1. The van der Waals surface area contributed by atoms with E-state index in [0.29, 0.717) is 13.0 Å². The zero-order valence-electron chi connectivity index (χ0n) is 18.5. The maximum absolute atomic E-state index is 12.7. The highest BCUT2D eigenvalue weighted by Crippen LogP contribution is 2.32. The topological polar surface area (TPSA) is 85.8 Å². The van der Waals surface area contributed by atoms with Gasteiger partial charge in [0.2, 0.25) is 17.8 Å². The van der Waals surface area contributed by atoms with Crippen molar-refractivity contribution in [3.63, 3.8) is 0 Å². The fourth-order valence-corrected chi connectivity index (χ4v) is 4.86. The van der Waals surface area contributed by atoms with Crippen LogP contribution in [0.4, 0.5) is 5.13 Å². The number of carbonyl (C=O) groups is 1. The van der Waals surface area contributed by atoms with Crippen LogP contribution in [0.25, 0.3) is 0 Å². The summed E-state index contributed by atoms with van der Waals surface area (Å²) in [6.07, 6.45) is 2.28. The second kappa shape index (κ2) is 9.66. The molecule has 2 aliphatic rings. The maximum Gasteiger partial charge on any atom is 0.231 e. The number of hydrogen-bond acceptors (Lipinski definition) is 8. The van der Waals surface area contributed by atoms with Gasteiger partial charge in [-0.25, -0.2) is 4.98 Å². The van der Waals surface area contributed by atoms with Gasteiger partial charge < -0.3 is 24.4 Å². The van der Waals surface area contributed by atoms with Gasteiger partial charge in [-0.2, -0.15) is 4.37 Å². The van der Waals surface area contributed by atoms with Crippen LogP contribution in [0.5, 0.6) is 17.2 Å². The van der Waals surface area contributed by atoms with Crippen LogP contribution in [-0.4, -0.2) is 42.3 Å². The van der Waals surface area contributed by atoms with Gasteiger partial charge in [0, 0.05) is 43.5 Å². The lowest BCUT2D eigenvalue weighted by Gasteiger charge is -2.30. The Labute approximate surface area is 196 Å². The molecule has 1 aromatic heterocycles. The van der Waals surface area contributed by atoms with Crippen molar-refractivity contribution in [1.82, 2.24) is 14.7 Å². The van der Waals surface area contributed by atoms with Gasteiger partial charge in [0.1, 0.15) is 11.6 Å². The molecule has 8 nitrogen and oxygen atoms in total. The first kappa shape index (κ1) is 21.5. The molecule has 2 aliphatic heterocycles. The van der Waals surface area contributed by atoms with Gasteiger partial charge in [-0.1, -0.05) is 18.2 Å². The number of aromatic nitrogens is 2. The zero-order chi connectivity index (χ0) is 22.6. The first-order valence-electron chi connectivity index (χ1n) is 11.0. The van der Waals surface area contributed by atoms with Gasteiger partial charge in [-0.15, -0.1) is 0 Å². The molecule has 5 rings (SSSR count). The van der Waals surface area contributed by atoms with Gasteiger partial charge in [-0.05, 0) is 48.2 Å². The van der Waals surface area contributed by atoms with E-state index >= 15 is 0 Å². The maximum atomic E-state index is 12.7. The second-order valence-electron chi connectivity index (χ2n) is 8.19. The summed E-state index contributed by atoms with van der Waals surface area (Å²) >= 11 is 1.42. The Morgan fingerprint density at radius 2 is 2.00 bits per heavy atom. The molecule has 172 valence electrons. The van der Waals surface area contributed by atoms with Crippen LogP contribution in [0.2, 0.25) is 0 Å². The van der Waals surface area contributed by atoms with Crippen molar-refractivity contribution in [2.75, 3.05) is 31.9 Å². The first-order valence-corrected chi connectivity index (χ1v) is 11.8. The third kappa shape index (κ3) is 5.03. The van der Waals surface area contributed by atoms with Crippen molar-refractivity contribution in [3.8, 4) is 17.2 Å². The van der Waals surface area contributed by atoms with E-state index in [1.807, 2.05) is 36.4 Å². The smallest absolute Gasteiger partial charge is 0.231 e. The minimum absolute atomic E-state index is 0.0134. The molecule has 1 N–H and O–H groups in total. The monoisotopic (exact) mass is 466 g/mol. The molecule has 0 atom stereocenters. The summed E-state index contributed by atoms with van der Waals surface area (Å²) in [5.74, 6) is 3.25. The standard InChI is InChI=1S/C24H26N4O4S/c1-30-19-4-2-3-16(11-19)13-22-26-24(33-27-22)28-9-7-18(8-10-28)23(29)25-14-17-5-6-20-21(12-17)32-15-31-20/h2-6,11-12,18H,7-10,13-15H2,1H3,(H,25,29). The van der Waals surface area contributed by atoms with Crippen LogP contribution in [0.3, 0.4) is 0 Å². The van der Waals surface area contributed by atoms with Crippen LogP contribution < -0.4 is 24.4 Å². The van der Waals surface area contributed by atoms with E-state index in [1.165, 1.54) is 11.5 Å². The van der Waals surface area contributed by atoms with Crippen LogP contribution in [0.15, 0.2) is 42.5 Å². The van der Waals surface area contributed by atoms with Crippen molar-refractivity contribution in [1.29, 1.82) is 0 Å². The fourth-order valence-electron chi connectivity index (χ4n) is 4.13. The average molecular weight is 467 g/mol. The van der Waals surface area contributed by atoms with E-state index in [-0.39, 0.29) is 18.6 Å². The highest BCUT2D eigenvalue weighted by atomic mass is 32.1. The number of rotatable bonds is 7. The molecule has 1 saturated heterocycles. The lowest BCUT2D eigenvalue weighted by molar-refractivity contribution is -0.125. The molecular formula is C24H26N4O4S. The highest BCUT2D eigenvalue weighted by Gasteiger charge is 2.26. The summed E-state index contributed by atoms with van der Waals surface area (Å²) in [5.41, 5.74) is 2.12. The lowest BCUT2D eigenvalue weighted by atomic mass is 9.96. The number of carbonyl (C=O) groups excluding carboxylic acids is 1. The van der Waals surface area contributed by atoms with Crippen molar-refractivity contribution < 1.29 is 19.0 Å². The second-order valence-corrected chi connectivity index (χ2v) is 8.92. The molecule has 1 fully saturated rings. The van der Waals surface area contributed by atoms with Gasteiger partial charge in [-0.3, -0.25) is 4.79 Å². The molecule has 2 aromatic carbocycles. The summed E-state index contributed by atoms with van der Waals surface area (Å²) < 4.78 is 20.6. The zero-order valence-corrected chi connectivity index (χ0v) is 19.3. The molecule has 33 heavy (non-hydrogen) atoms. The third-order valence-corrected chi connectivity index (χ3v) is 6.81. The SMILES string of the molecule is COc1cccc(Cc2nsc(N3CCC(C(=O)NCc4ccc5c(c4)OCO5)CC3)n2)c1. The van der Waals surface area contributed by atoms with E-state index in [9.17, 15) is 4.79 Å². The van der Waals surface area contributed by atoms with Crippen molar-refractivity contribution >= 4 is 22.6 Å². The molecule has 0 unspecified atom stereocenters.